The molecule has 4 aromatic carbocycles. The summed E-state index contributed by atoms with van der Waals surface area (Å²) in [5, 5.41) is 4.19. The molecule has 0 N–H and O–H groups in total. The smallest absolute Gasteiger partial charge is 0.0429 e. The molecule has 0 aromatic heterocycles. The highest BCUT2D eigenvalue weighted by molar-refractivity contribution is 9.09. The highest BCUT2D eigenvalue weighted by atomic mass is 79.9. The molecule has 0 spiro atoms. The van der Waals surface area contributed by atoms with E-state index in [9.17, 15) is 0 Å². The van der Waals surface area contributed by atoms with Crippen molar-refractivity contribution in [2.75, 3.05) is 0 Å². The highest BCUT2D eigenvalue weighted by Crippen LogP contribution is 2.47. The van der Waals surface area contributed by atoms with Crippen LogP contribution in [0, 0.1) is 0 Å². The average molecular weight is 584 g/mol. The molecule has 0 nitrogen and oxygen atoms in total. The van der Waals surface area contributed by atoms with Crippen molar-refractivity contribution in [1.82, 2.24) is 0 Å². The number of hydrogen-bond acceptors (Lipinski definition) is 0. The number of hydrogen-bond donors (Lipinski definition) is 0. The van der Waals surface area contributed by atoms with E-state index in [4.69, 9.17) is 0 Å². The third-order valence-electron chi connectivity index (χ3n) is 7.66. The van der Waals surface area contributed by atoms with E-state index in [1.807, 2.05) is 6.08 Å². The van der Waals surface area contributed by atoms with Gasteiger partial charge in [0.25, 0.3) is 0 Å². The van der Waals surface area contributed by atoms with Crippen LogP contribution in [0.25, 0.3) is 0 Å². The second-order valence-electron chi connectivity index (χ2n) is 11.4. The standard InChI is InChI=1S/C18H25Br.C18H15P/c1-6-7-16(19)13-8-9-14-15(12-13)18(4,5)11-10-17(14,2)3;1-4-10-16(11-5-1)19(17-12-6-2-7-13-17)18-14-8-3-9-15-18/h6,8-9,12,16H,1,7,10-11H2,2-5H3;1-15H. The summed E-state index contributed by atoms with van der Waals surface area (Å²) in [7, 11) is -0.446. The lowest BCUT2D eigenvalue weighted by Gasteiger charge is -2.42. The Labute approximate surface area is 240 Å². The zero-order chi connectivity index (χ0) is 27.2. The lowest BCUT2D eigenvalue weighted by atomic mass is 9.63. The monoisotopic (exact) mass is 582 g/mol. The van der Waals surface area contributed by atoms with Gasteiger partial charge in [-0.3, -0.25) is 0 Å². The molecule has 5 rings (SSSR count). The number of rotatable bonds is 6. The van der Waals surface area contributed by atoms with Crippen LogP contribution in [0.15, 0.2) is 122 Å². The Bertz CT molecular complexity index is 1220. The van der Waals surface area contributed by atoms with Crippen LogP contribution in [-0.4, -0.2) is 0 Å². The van der Waals surface area contributed by atoms with Crippen molar-refractivity contribution in [2.45, 2.75) is 62.6 Å². The van der Waals surface area contributed by atoms with E-state index in [1.165, 1.54) is 45.4 Å². The van der Waals surface area contributed by atoms with Gasteiger partial charge in [-0.05, 0) is 70.6 Å². The molecule has 196 valence electrons. The minimum Gasteiger partial charge on any atom is -0.103 e. The van der Waals surface area contributed by atoms with Gasteiger partial charge in [0, 0.05) is 4.83 Å². The average Bonchev–Trinajstić information content (AvgIpc) is 2.94. The van der Waals surface area contributed by atoms with E-state index in [0.29, 0.717) is 15.7 Å². The molecule has 0 aliphatic heterocycles. The molecule has 1 aliphatic carbocycles. The lowest BCUT2D eigenvalue weighted by Crippen LogP contribution is -2.33. The van der Waals surface area contributed by atoms with Gasteiger partial charge in [-0.25, -0.2) is 0 Å². The second-order valence-corrected chi connectivity index (χ2v) is 14.7. The minimum atomic E-state index is -0.446. The molecule has 1 unspecified atom stereocenters. The predicted octanol–water partition coefficient (Wildman–Crippen LogP) is 9.49. The molecule has 1 atom stereocenters. The molecule has 0 radical (unpaired) electrons. The summed E-state index contributed by atoms with van der Waals surface area (Å²) in [5.74, 6) is 0. The third kappa shape index (κ3) is 6.74. The van der Waals surface area contributed by atoms with E-state index < -0.39 is 7.92 Å². The van der Waals surface area contributed by atoms with Crippen LogP contribution in [0.1, 0.15) is 68.5 Å². The van der Waals surface area contributed by atoms with Crippen LogP contribution in [-0.2, 0) is 10.8 Å². The molecule has 0 bridgehead atoms. The van der Waals surface area contributed by atoms with Crippen molar-refractivity contribution in [2.24, 2.45) is 0 Å². The molecule has 1 aliphatic rings. The van der Waals surface area contributed by atoms with Gasteiger partial charge in [0.15, 0.2) is 0 Å². The first-order valence-electron chi connectivity index (χ1n) is 13.6. The summed E-state index contributed by atoms with van der Waals surface area (Å²) in [4.78, 5) is 0.385. The number of alkyl halides is 1. The summed E-state index contributed by atoms with van der Waals surface area (Å²) < 4.78 is 0. The van der Waals surface area contributed by atoms with Crippen molar-refractivity contribution >= 4 is 39.8 Å². The fourth-order valence-electron chi connectivity index (χ4n) is 5.26. The van der Waals surface area contributed by atoms with E-state index in [-0.39, 0.29) is 0 Å². The summed E-state index contributed by atoms with van der Waals surface area (Å²) >= 11 is 3.77. The highest BCUT2D eigenvalue weighted by Gasteiger charge is 2.37. The largest absolute Gasteiger partial charge is 0.103 e. The van der Waals surface area contributed by atoms with Gasteiger partial charge < -0.3 is 0 Å². The van der Waals surface area contributed by atoms with Crippen molar-refractivity contribution in [3.05, 3.63) is 139 Å². The van der Waals surface area contributed by atoms with E-state index >= 15 is 0 Å². The van der Waals surface area contributed by atoms with Crippen LogP contribution in [0.5, 0.6) is 0 Å². The maximum absolute atomic E-state index is 3.84. The number of benzene rings is 4. The Balaban J connectivity index is 0.000000177. The molecule has 0 amide bonds. The molecule has 38 heavy (non-hydrogen) atoms. The normalized spacial score (nSPS) is 16.1. The lowest BCUT2D eigenvalue weighted by molar-refractivity contribution is 0.331. The maximum Gasteiger partial charge on any atom is 0.0429 e. The quantitative estimate of drug-likeness (QED) is 0.121. The molecule has 4 aromatic rings. The van der Waals surface area contributed by atoms with Crippen molar-refractivity contribution < 1.29 is 0 Å². The van der Waals surface area contributed by atoms with Crippen LogP contribution >= 0.6 is 23.9 Å². The van der Waals surface area contributed by atoms with Gasteiger partial charge >= 0.3 is 0 Å². The van der Waals surface area contributed by atoms with E-state index in [0.717, 1.165) is 6.42 Å². The van der Waals surface area contributed by atoms with Gasteiger partial charge in [0.05, 0.1) is 0 Å². The molecular formula is C36H40BrP. The summed E-state index contributed by atoms with van der Waals surface area (Å²) in [6.45, 7) is 13.3. The van der Waals surface area contributed by atoms with Gasteiger partial charge in [0.2, 0.25) is 0 Å². The Morgan fingerprint density at radius 2 is 1.11 bits per heavy atom. The molecule has 0 fully saturated rings. The zero-order valence-electron chi connectivity index (χ0n) is 23.2. The first-order chi connectivity index (χ1) is 18.2. The molecule has 2 heteroatoms. The molecule has 0 heterocycles. The molecular weight excluding hydrogens is 543 g/mol. The Morgan fingerprint density at radius 1 is 0.684 bits per heavy atom. The second kappa shape index (κ2) is 12.6. The number of allylic oxidation sites excluding steroid dienone is 1. The SMILES string of the molecule is C=CCC(Br)c1ccc2c(c1)C(C)(C)CCC2(C)C.c1ccc(P(c2ccccc2)c2ccccc2)cc1. The van der Waals surface area contributed by atoms with Crippen LogP contribution in [0.4, 0.5) is 0 Å². The van der Waals surface area contributed by atoms with Gasteiger partial charge in [0.1, 0.15) is 0 Å². The summed E-state index contributed by atoms with van der Waals surface area (Å²) in [6, 6.07) is 39.4. The van der Waals surface area contributed by atoms with Crippen molar-refractivity contribution in [1.29, 1.82) is 0 Å². The first kappa shape index (κ1) is 28.5. The third-order valence-corrected chi connectivity index (χ3v) is 11.0. The van der Waals surface area contributed by atoms with Crippen LogP contribution in [0.2, 0.25) is 0 Å². The Hall–Kier alpha value is -2.47. The Kier molecular flexibility index (Phi) is 9.45. The zero-order valence-corrected chi connectivity index (χ0v) is 25.7. The topological polar surface area (TPSA) is 0 Å². The Morgan fingerprint density at radius 3 is 1.53 bits per heavy atom. The predicted molar refractivity (Wildman–Crippen MR) is 173 cm³/mol. The van der Waals surface area contributed by atoms with Gasteiger partial charge in [-0.2, -0.15) is 0 Å². The van der Waals surface area contributed by atoms with Crippen molar-refractivity contribution in [3.8, 4) is 0 Å². The minimum absolute atomic E-state index is 0.293. The molecule has 0 saturated carbocycles. The number of fused-ring (bicyclic) bond motifs is 1. The van der Waals surface area contributed by atoms with Gasteiger partial charge in [-0.15, -0.1) is 6.58 Å². The van der Waals surface area contributed by atoms with Crippen molar-refractivity contribution in [3.63, 3.8) is 0 Å². The number of halogens is 1. The summed E-state index contributed by atoms with van der Waals surface area (Å²) in [5.41, 5.74) is 5.05. The first-order valence-corrected chi connectivity index (χ1v) is 15.8. The van der Waals surface area contributed by atoms with E-state index in [1.54, 1.807) is 0 Å². The summed E-state index contributed by atoms with van der Waals surface area (Å²) in [6.07, 6.45) is 5.50. The van der Waals surface area contributed by atoms with Gasteiger partial charge in [-0.1, -0.05) is 159 Å². The van der Waals surface area contributed by atoms with E-state index in [2.05, 4.69) is 159 Å². The maximum atomic E-state index is 3.84. The van der Waals surface area contributed by atoms with Crippen LogP contribution in [0.3, 0.4) is 0 Å². The fourth-order valence-corrected chi connectivity index (χ4v) is 8.12. The van der Waals surface area contributed by atoms with Crippen LogP contribution < -0.4 is 15.9 Å². The molecule has 0 saturated heterocycles. The fraction of sp³-hybridized carbons (Fsp3) is 0.278.